The van der Waals surface area contributed by atoms with Crippen molar-refractivity contribution in [2.75, 3.05) is 18.4 Å². The lowest BCUT2D eigenvalue weighted by Gasteiger charge is -2.20. The summed E-state index contributed by atoms with van der Waals surface area (Å²) in [7, 11) is -3.79. The first-order valence-electron chi connectivity index (χ1n) is 9.45. The average molecular weight is 417 g/mol. The van der Waals surface area contributed by atoms with Gasteiger partial charge in [0, 0.05) is 30.4 Å². The zero-order valence-corrected chi connectivity index (χ0v) is 16.9. The zero-order valence-electron chi connectivity index (χ0n) is 16.1. The fraction of sp³-hybridized carbons (Fsp3) is 0.350. The van der Waals surface area contributed by atoms with E-state index in [1.807, 2.05) is 0 Å². The second kappa shape index (κ2) is 8.71. The number of Topliss-reactive ketones (excluding diaryl/α,β-unsaturated/α-hetero) is 1. The summed E-state index contributed by atoms with van der Waals surface area (Å²) in [5, 5.41) is 14.5. The van der Waals surface area contributed by atoms with E-state index < -0.39 is 14.9 Å². The monoisotopic (exact) mass is 417 g/mol. The SMILES string of the molecule is CC(=O)c1cccc(Nc2ccc(S(=O)(=O)N3CCCCCC3)cc2[N+](=O)[O-])c1. The van der Waals surface area contributed by atoms with Gasteiger partial charge in [-0.15, -0.1) is 0 Å². The molecule has 1 heterocycles. The van der Waals surface area contributed by atoms with Gasteiger partial charge in [0.25, 0.3) is 5.69 Å². The maximum absolute atomic E-state index is 12.9. The fourth-order valence-corrected chi connectivity index (χ4v) is 4.87. The number of carbonyl (C=O) groups is 1. The number of benzene rings is 2. The molecule has 1 fully saturated rings. The molecule has 0 amide bonds. The highest BCUT2D eigenvalue weighted by Gasteiger charge is 2.28. The van der Waals surface area contributed by atoms with Gasteiger partial charge in [0.05, 0.1) is 9.82 Å². The summed E-state index contributed by atoms with van der Waals surface area (Å²) in [4.78, 5) is 22.4. The summed E-state index contributed by atoms with van der Waals surface area (Å²) in [5.74, 6) is -0.123. The van der Waals surface area contributed by atoms with Crippen molar-refractivity contribution >= 4 is 32.9 Å². The average Bonchev–Trinajstić information content (AvgIpc) is 2.98. The van der Waals surface area contributed by atoms with Crippen LogP contribution in [-0.2, 0) is 10.0 Å². The van der Waals surface area contributed by atoms with Gasteiger partial charge in [-0.3, -0.25) is 14.9 Å². The molecule has 8 nitrogen and oxygen atoms in total. The van der Waals surface area contributed by atoms with Crippen LogP contribution in [0.4, 0.5) is 17.1 Å². The van der Waals surface area contributed by atoms with E-state index in [0.717, 1.165) is 31.7 Å². The standard InChI is InChI=1S/C20H23N3O5S/c1-15(24)16-7-6-8-17(13-16)21-19-10-9-18(14-20(19)23(25)26)29(27,28)22-11-4-2-3-5-12-22/h6-10,13-14,21H,2-5,11-12H2,1H3. The number of ketones is 1. The minimum absolute atomic E-state index is 0.0888. The third-order valence-electron chi connectivity index (χ3n) is 4.92. The second-order valence-corrected chi connectivity index (χ2v) is 8.95. The van der Waals surface area contributed by atoms with Gasteiger partial charge in [0.1, 0.15) is 5.69 Å². The van der Waals surface area contributed by atoms with Crippen LogP contribution < -0.4 is 5.32 Å². The summed E-state index contributed by atoms with van der Waals surface area (Å²) < 4.78 is 27.3. The van der Waals surface area contributed by atoms with E-state index in [-0.39, 0.29) is 22.1 Å². The number of hydrogen-bond donors (Lipinski definition) is 1. The highest BCUT2D eigenvalue weighted by Crippen LogP contribution is 2.32. The molecule has 3 rings (SSSR count). The van der Waals surface area contributed by atoms with Gasteiger partial charge in [-0.05, 0) is 44.0 Å². The number of nitro benzene ring substituents is 1. The molecule has 1 saturated heterocycles. The van der Waals surface area contributed by atoms with E-state index >= 15 is 0 Å². The Balaban J connectivity index is 1.94. The summed E-state index contributed by atoms with van der Waals surface area (Å²) in [6, 6.07) is 10.5. The Morgan fingerprint density at radius 3 is 2.38 bits per heavy atom. The van der Waals surface area contributed by atoms with Crippen LogP contribution in [0.5, 0.6) is 0 Å². The van der Waals surface area contributed by atoms with Gasteiger partial charge in [0.2, 0.25) is 10.0 Å². The van der Waals surface area contributed by atoms with Gasteiger partial charge in [-0.2, -0.15) is 4.31 Å². The molecule has 0 radical (unpaired) electrons. The highest BCUT2D eigenvalue weighted by molar-refractivity contribution is 7.89. The van der Waals surface area contributed by atoms with E-state index in [9.17, 15) is 23.3 Å². The van der Waals surface area contributed by atoms with Crippen LogP contribution in [0.3, 0.4) is 0 Å². The highest BCUT2D eigenvalue weighted by atomic mass is 32.2. The van der Waals surface area contributed by atoms with Crippen molar-refractivity contribution in [1.29, 1.82) is 0 Å². The molecule has 1 aliphatic heterocycles. The molecular weight excluding hydrogens is 394 g/mol. The third-order valence-corrected chi connectivity index (χ3v) is 6.81. The quantitative estimate of drug-likeness (QED) is 0.430. The number of sulfonamides is 1. The Hall–Kier alpha value is -2.78. The third kappa shape index (κ3) is 4.80. The van der Waals surface area contributed by atoms with Crippen molar-refractivity contribution < 1.29 is 18.1 Å². The van der Waals surface area contributed by atoms with Crippen LogP contribution in [0.2, 0.25) is 0 Å². The first kappa shape index (κ1) is 20.9. The number of nitrogens with one attached hydrogen (secondary N) is 1. The molecule has 154 valence electrons. The number of carbonyl (C=O) groups excluding carboxylic acids is 1. The molecule has 0 aromatic heterocycles. The van der Waals surface area contributed by atoms with E-state index in [1.165, 1.54) is 23.4 Å². The van der Waals surface area contributed by atoms with Gasteiger partial charge >= 0.3 is 0 Å². The lowest BCUT2D eigenvalue weighted by atomic mass is 10.1. The van der Waals surface area contributed by atoms with Crippen molar-refractivity contribution in [2.24, 2.45) is 0 Å². The van der Waals surface area contributed by atoms with Gasteiger partial charge < -0.3 is 5.32 Å². The number of nitro groups is 1. The zero-order chi connectivity index (χ0) is 21.0. The van der Waals surface area contributed by atoms with Crippen LogP contribution in [0, 0.1) is 10.1 Å². The van der Waals surface area contributed by atoms with Gasteiger partial charge in [0.15, 0.2) is 5.78 Å². The van der Waals surface area contributed by atoms with Crippen LogP contribution >= 0.6 is 0 Å². The number of hydrogen-bond acceptors (Lipinski definition) is 6. The topological polar surface area (TPSA) is 110 Å². The molecule has 0 aliphatic carbocycles. The minimum Gasteiger partial charge on any atom is -0.350 e. The molecule has 0 spiro atoms. The molecule has 0 atom stereocenters. The first-order chi connectivity index (χ1) is 13.8. The molecule has 9 heteroatoms. The lowest BCUT2D eigenvalue weighted by molar-refractivity contribution is -0.384. The normalized spacial score (nSPS) is 15.5. The molecule has 1 N–H and O–H groups in total. The Morgan fingerprint density at radius 2 is 1.76 bits per heavy atom. The minimum atomic E-state index is -3.79. The summed E-state index contributed by atoms with van der Waals surface area (Å²) in [5.41, 5.74) is 0.793. The van der Waals surface area contributed by atoms with E-state index in [4.69, 9.17) is 0 Å². The van der Waals surface area contributed by atoms with Crippen molar-refractivity contribution in [3.05, 3.63) is 58.1 Å². The Labute approximate surface area is 169 Å². The van der Waals surface area contributed by atoms with E-state index in [0.29, 0.717) is 24.3 Å². The molecule has 1 aliphatic rings. The number of rotatable bonds is 6. The summed E-state index contributed by atoms with van der Waals surface area (Å²) >= 11 is 0. The maximum Gasteiger partial charge on any atom is 0.294 e. The van der Waals surface area contributed by atoms with Crippen LogP contribution in [0.25, 0.3) is 0 Å². The number of anilines is 2. The lowest BCUT2D eigenvalue weighted by Crippen LogP contribution is -2.32. The molecule has 2 aromatic carbocycles. The van der Waals surface area contributed by atoms with Gasteiger partial charge in [-0.25, -0.2) is 8.42 Å². The largest absolute Gasteiger partial charge is 0.350 e. The number of nitrogens with zero attached hydrogens (tertiary/aromatic N) is 2. The molecule has 0 unspecified atom stereocenters. The smallest absolute Gasteiger partial charge is 0.294 e. The maximum atomic E-state index is 12.9. The Bertz CT molecular complexity index is 1030. The fourth-order valence-electron chi connectivity index (χ4n) is 3.33. The van der Waals surface area contributed by atoms with Crippen molar-refractivity contribution in [3.63, 3.8) is 0 Å². The second-order valence-electron chi connectivity index (χ2n) is 7.02. The van der Waals surface area contributed by atoms with Crippen molar-refractivity contribution in [2.45, 2.75) is 37.5 Å². The summed E-state index contributed by atoms with van der Waals surface area (Å²) in [6.07, 6.45) is 3.53. The predicted octanol–water partition coefficient (Wildman–Crippen LogP) is 4.11. The predicted molar refractivity (Wildman–Crippen MR) is 110 cm³/mol. The molecule has 29 heavy (non-hydrogen) atoms. The van der Waals surface area contributed by atoms with E-state index in [1.54, 1.807) is 24.3 Å². The van der Waals surface area contributed by atoms with E-state index in [2.05, 4.69) is 5.32 Å². The molecule has 2 aromatic rings. The molecule has 0 bridgehead atoms. The Kier molecular flexibility index (Phi) is 6.29. The first-order valence-corrected chi connectivity index (χ1v) is 10.9. The molecular formula is C20H23N3O5S. The van der Waals surface area contributed by atoms with Crippen molar-refractivity contribution in [3.8, 4) is 0 Å². The van der Waals surface area contributed by atoms with Crippen LogP contribution in [0.15, 0.2) is 47.4 Å². The van der Waals surface area contributed by atoms with Crippen LogP contribution in [-0.4, -0.2) is 36.5 Å². The van der Waals surface area contributed by atoms with Crippen LogP contribution in [0.1, 0.15) is 43.0 Å². The molecule has 0 saturated carbocycles. The summed E-state index contributed by atoms with van der Waals surface area (Å²) in [6.45, 7) is 2.28. The Morgan fingerprint density at radius 1 is 1.07 bits per heavy atom. The van der Waals surface area contributed by atoms with Crippen molar-refractivity contribution in [1.82, 2.24) is 4.31 Å². The van der Waals surface area contributed by atoms with Gasteiger partial charge in [-0.1, -0.05) is 25.0 Å².